The van der Waals surface area contributed by atoms with Crippen LogP contribution in [0.1, 0.15) is 11.1 Å². The van der Waals surface area contributed by atoms with E-state index >= 15 is 0 Å². The Balaban J connectivity index is 1.19. The number of benzene rings is 3. The lowest BCUT2D eigenvalue weighted by Crippen LogP contribution is -2.47. The third-order valence-corrected chi connectivity index (χ3v) is 12.0. The molecule has 6 rings (SSSR count). The van der Waals surface area contributed by atoms with Gasteiger partial charge in [0.05, 0.1) is 46.1 Å². The van der Waals surface area contributed by atoms with Crippen LogP contribution in [-0.4, -0.2) is 88.5 Å². The Kier molecular flexibility index (Phi) is 10.7. The molecule has 0 atom stereocenters. The summed E-state index contributed by atoms with van der Waals surface area (Å²) in [5.74, 6) is -1.79. The predicted molar refractivity (Wildman–Crippen MR) is 195 cm³/mol. The summed E-state index contributed by atoms with van der Waals surface area (Å²) in [6.07, 6.45) is 2.88. The zero-order valence-electron chi connectivity index (χ0n) is 28.1. The van der Waals surface area contributed by atoms with Crippen LogP contribution in [0.4, 0.5) is 26.1 Å². The Morgan fingerprint density at radius 2 is 1.67 bits per heavy atom. The maximum absolute atomic E-state index is 14.3. The summed E-state index contributed by atoms with van der Waals surface area (Å²) in [5, 5.41) is 3.28. The minimum atomic E-state index is -4.31. The number of aromatic nitrogens is 3. The number of piperazine rings is 1. The van der Waals surface area contributed by atoms with Gasteiger partial charge in [-0.2, -0.15) is 0 Å². The molecule has 0 unspecified atom stereocenters. The van der Waals surface area contributed by atoms with Gasteiger partial charge in [0.1, 0.15) is 32.1 Å². The number of anilines is 3. The molecule has 11 nitrogen and oxygen atoms in total. The molecular formula is C35H36F2N6O5S3. The fourth-order valence-electron chi connectivity index (χ4n) is 5.97. The molecule has 1 fully saturated rings. The lowest BCUT2D eigenvalue weighted by molar-refractivity contribution is 0.272. The molecule has 3 aromatic carbocycles. The fourth-order valence-corrected chi connectivity index (χ4v) is 8.83. The number of halogens is 2. The van der Waals surface area contributed by atoms with Crippen molar-refractivity contribution in [2.24, 2.45) is 0 Å². The van der Waals surface area contributed by atoms with E-state index in [1.54, 1.807) is 49.1 Å². The van der Waals surface area contributed by atoms with Gasteiger partial charge in [-0.3, -0.25) is 4.90 Å². The number of hydrogen-bond acceptors (Lipinski definition) is 12. The monoisotopic (exact) mass is 754 g/mol. The van der Waals surface area contributed by atoms with Gasteiger partial charge >= 0.3 is 0 Å². The van der Waals surface area contributed by atoms with Gasteiger partial charge in [-0.1, -0.05) is 24.3 Å². The molecular weight excluding hydrogens is 719 g/mol. The first-order chi connectivity index (χ1) is 24.3. The van der Waals surface area contributed by atoms with Gasteiger partial charge in [-0.05, 0) is 48.4 Å². The Labute approximate surface area is 299 Å². The minimum Gasteiger partial charge on any atom is -0.494 e. The number of rotatable bonds is 12. The Bertz CT molecular complexity index is 2260. The molecule has 268 valence electrons. The molecule has 1 N–H and O–H groups in total. The molecule has 2 aromatic heterocycles. The van der Waals surface area contributed by atoms with E-state index < -0.39 is 42.0 Å². The molecule has 0 amide bonds. The van der Waals surface area contributed by atoms with Crippen LogP contribution in [0.25, 0.3) is 21.8 Å². The highest BCUT2D eigenvalue weighted by Gasteiger charge is 2.25. The Morgan fingerprint density at radius 1 is 0.941 bits per heavy atom. The SMILES string of the molecule is COc1cc(N2CCN(CCS(C)(=O)=O)CC2)c(C)cc1Nc1nccc(-c2scnc2-c2cccc(CS(=O)(=O)c3c(F)cccc3F)c2)n1. The van der Waals surface area contributed by atoms with E-state index in [9.17, 15) is 25.6 Å². The van der Waals surface area contributed by atoms with Crippen LogP contribution < -0.4 is 15.0 Å². The smallest absolute Gasteiger partial charge is 0.227 e. The number of aryl methyl sites for hydroxylation is 1. The molecule has 1 saturated heterocycles. The average molecular weight is 755 g/mol. The highest BCUT2D eigenvalue weighted by molar-refractivity contribution is 7.91. The average Bonchev–Trinajstić information content (AvgIpc) is 3.58. The molecule has 0 spiro atoms. The quantitative estimate of drug-likeness (QED) is 0.167. The van der Waals surface area contributed by atoms with E-state index in [1.165, 1.54) is 17.6 Å². The van der Waals surface area contributed by atoms with E-state index in [4.69, 9.17) is 9.72 Å². The molecule has 0 radical (unpaired) electrons. The molecule has 5 aromatic rings. The van der Waals surface area contributed by atoms with E-state index in [0.717, 1.165) is 60.5 Å². The maximum atomic E-state index is 14.3. The predicted octanol–water partition coefficient (Wildman–Crippen LogP) is 5.75. The molecule has 1 aliphatic heterocycles. The number of nitrogens with one attached hydrogen (secondary N) is 1. The molecule has 0 bridgehead atoms. The van der Waals surface area contributed by atoms with Crippen LogP contribution in [0.2, 0.25) is 0 Å². The summed E-state index contributed by atoms with van der Waals surface area (Å²) in [6, 6.07) is 15.3. The first-order valence-electron chi connectivity index (χ1n) is 15.9. The van der Waals surface area contributed by atoms with Crippen molar-refractivity contribution in [3.8, 4) is 27.6 Å². The van der Waals surface area contributed by atoms with Crippen molar-refractivity contribution in [2.45, 2.75) is 17.6 Å². The first-order valence-corrected chi connectivity index (χ1v) is 20.5. The van der Waals surface area contributed by atoms with Gasteiger partial charge in [0.2, 0.25) is 5.95 Å². The lowest BCUT2D eigenvalue weighted by atomic mass is 10.1. The second-order valence-corrected chi connectivity index (χ2v) is 17.3. The standard InChI is InChI=1S/C35H36F2N6O5S3/c1-23-18-29(31(48-2)20-30(23)43-14-12-42(13-15-43)16-17-50(3,44)45)41-35-38-11-10-28(40-35)33-32(39-22-49-33)25-7-4-6-24(19-25)21-51(46,47)34-26(36)8-5-9-27(34)37/h4-11,18-20,22H,12-17,21H2,1-3H3,(H,38,40,41). The van der Waals surface area contributed by atoms with Gasteiger partial charge < -0.3 is 15.0 Å². The summed E-state index contributed by atoms with van der Waals surface area (Å²) >= 11 is 1.35. The van der Waals surface area contributed by atoms with Crippen LogP contribution in [0.3, 0.4) is 0 Å². The number of hydrogen-bond donors (Lipinski definition) is 1. The summed E-state index contributed by atoms with van der Waals surface area (Å²) < 4.78 is 83.6. The van der Waals surface area contributed by atoms with Crippen molar-refractivity contribution >= 4 is 48.3 Å². The molecule has 3 heterocycles. The van der Waals surface area contributed by atoms with Gasteiger partial charge in [0.15, 0.2) is 9.84 Å². The van der Waals surface area contributed by atoms with Crippen LogP contribution in [0.5, 0.6) is 5.75 Å². The van der Waals surface area contributed by atoms with Gasteiger partial charge in [-0.25, -0.2) is 40.6 Å². The van der Waals surface area contributed by atoms with Crippen molar-refractivity contribution < 1.29 is 30.4 Å². The van der Waals surface area contributed by atoms with Crippen molar-refractivity contribution in [3.63, 3.8) is 0 Å². The van der Waals surface area contributed by atoms with E-state index in [-0.39, 0.29) is 5.75 Å². The summed E-state index contributed by atoms with van der Waals surface area (Å²) in [5.41, 5.74) is 6.49. The Hall–Kier alpha value is -4.51. The first kappa shape index (κ1) is 36.3. The maximum Gasteiger partial charge on any atom is 0.227 e. The highest BCUT2D eigenvalue weighted by Crippen LogP contribution is 2.37. The van der Waals surface area contributed by atoms with E-state index in [0.29, 0.717) is 46.4 Å². The molecule has 0 saturated carbocycles. The number of thiazole rings is 1. The van der Waals surface area contributed by atoms with Crippen LogP contribution in [0, 0.1) is 18.6 Å². The number of sulfone groups is 2. The van der Waals surface area contributed by atoms with E-state index in [2.05, 4.69) is 25.1 Å². The van der Waals surface area contributed by atoms with Crippen LogP contribution in [-0.2, 0) is 25.4 Å². The topological polar surface area (TPSA) is 135 Å². The minimum absolute atomic E-state index is 0.148. The largest absolute Gasteiger partial charge is 0.494 e. The van der Waals surface area contributed by atoms with Gasteiger partial charge in [-0.15, -0.1) is 11.3 Å². The van der Waals surface area contributed by atoms with Crippen molar-refractivity contribution in [3.05, 3.63) is 95.1 Å². The second kappa shape index (κ2) is 15.0. The van der Waals surface area contributed by atoms with E-state index in [1.807, 2.05) is 19.1 Å². The molecule has 1 aliphatic rings. The summed E-state index contributed by atoms with van der Waals surface area (Å²) in [7, 11) is -5.73. The van der Waals surface area contributed by atoms with Crippen LogP contribution >= 0.6 is 11.3 Å². The number of methoxy groups -OCH3 is 1. The second-order valence-electron chi connectivity index (χ2n) is 12.2. The fraction of sp³-hybridized carbons (Fsp3) is 0.286. The van der Waals surface area contributed by atoms with Crippen molar-refractivity contribution in [2.75, 3.05) is 62.1 Å². The molecule has 16 heteroatoms. The molecule has 51 heavy (non-hydrogen) atoms. The molecule has 0 aliphatic carbocycles. The highest BCUT2D eigenvalue weighted by atomic mass is 32.2. The number of ether oxygens (including phenoxy) is 1. The van der Waals surface area contributed by atoms with Gasteiger partial charge in [0.25, 0.3) is 0 Å². The van der Waals surface area contributed by atoms with Gasteiger partial charge in [0, 0.05) is 62.5 Å². The summed E-state index contributed by atoms with van der Waals surface area (Å²) in [4.78, 5) is 17.9. The number of nitrogens with zero attached hydrogens (tertiary/aromatic N) is 5. The third-order valence-electron chi connectivity index (χ3n) is 8.50. The summed E-state index contributed by atoms with van der Waals surface area (Å²) in [6.45, 7) is 5.57. The van der Waals surface area contributed by atoms with Crippen LogP contribution in [0.15, 0.2) is 77.3 Å². The Morgan fingerprint density at radius 3 is 2.37 bits per heavy atom. The normalized spacial score (nSPS) is 14.1. The third kappa shape index (κ3) is 8.52. The van der Waals surface area contributed by atoms with Crippen molar-refractivity contribution in [1.82, 2.24) is 19.9 Å². The zero-order chi connectivity index (χ0) is 36.3. The zero-order valence-corrected chi connectivity index (χ0v) is 30.6. The van der Waals surface area contributed by atoms with Crippen molar-refractivity contribution in [1.29, 1.82) is 0 Å². The lowest BCUT2D eigenvalue weighted by Gasteiger charge is -2.37.